The summed E-state index contributed by atoms with van der Waals surface area (Å²) in [4.78, 5) is 11.4. The summed E-state index contributed by atoms with van der Waals surface area (Å²) in [5.74, 6) is 2.12. The van der Waals surface area contributed by atoms with Crippen molar-refractivity contribution in [3.05, 3.63) is 47.8 Å². The molecule has 2 N–H and O–H groups in total. The van der Waals surface area contributed by atoms with Gasteiger partial charge in [-0.05, 0) is 23.8 Å². The van der Waals surface area contributed by atoms with Gasteiger partial charge in [-0.25, -0.2) is 0 Å². The fourth-order valence-electron chi connectivity index (χ4n) is 1.85. The topological polar surface area (TPSA) is 48.0 Å². The predicted octanol–water partition coefficient (Wildman–Crippen LogP) is 1.77. The van der Waals surface area contributed by atoms with Crippen LogP contribution in [0.5, 0.6) is 0 Å². The highest BCUT2D eigenvalue weighted by atomic mass is 16.1. The van der Waals surface area contributed by atoms with Crippen molar-refractivity contribution in [2.24, 2.45) is 12.8 Å². The van der Waals surface area contributed by atoms with E-state index < -0.39 is 5.91 Å². The van der Waals surface area contributed by atoms with Crippen LogP contribution in [0.2, 0.25) is 0 Å². The number of nitrogens with two attached hydrogens (primary N) is 1. The molecule has 0 saturated heterocycles. The summed E-state index contributed by atoms with van der Waals surface area (Å²) in [7, 11) is 1.79. The number of hydrogen-bond donors (Lipinski definition) is 1. The third-order valence-corrected chi connectivity index (χ3v) is 2.65. The number of carbonyl (C=O) groups excluding carboxylic acids is 1. The van der Waals surface area contributed by atoms with Crippen molar-refractivity contribution < 1.29 is 4.79 Å². The highest BCUT2D eigenvalue weighted by Crippen LogP contribution is 2.24. The Hall–Kier alpha value is -2.47. The Morgan fingerprint density at radius 1 is 1.41 bits per heavy atom. The molecule has 0 fully saturated rings. The molecule has 2 rings (SSSR count). The minimum absolute atomic E-state index is 0.446. The Labute approximate surface area is 99.9 Å². The summed E-state index contributed by atoms with van der Waals surface area (Å²) in [6.07, 6.45) is 7.16. The molecule has 0 aliphatic rings. The van der Waals surface area contributed by atoms with Crippen LogP contribution in [0.1, 0.15) is 16.1 Å². The number of carbonyl (C=O) groups is 1. The van der Waals surface area contributed by atoms with Crippen molar-refractivity contribution >= 4 is 5.91 Å². The monoisotopic (exact) mass is 224 g/mol. The molecule has 3 heteroatoms. The van der Waals surface area contributed by atoms with Gasteiger partial charge in [0.25, 0.3) is 5.91 Å². The van der Waals surface area contributed by atoms with Crippen molar-refractivity contribution in [1.82, 2.24) is 4.57 Å². The summed E-state index contributed by atoms with van der Waals surface area (Å²) in [5, 5.41) is 0. The fraction of sp³-hybridized carbons (Fsp3) is 0.0714. The molecule has 0 aliphatic carbocycles. The number of aromatic nitrogens is 1. The predicted molar refractivity (Wildman–Crippen MR) is 67.3 cm³/mol. The lowest BCUT2D eigenvalue weighted by Crippen LogP contribution is -2.16. The van der Waals surface area contributed by atoms with E-state index >= 15 is 0 Å². The maximum atomic E-state index is 11.4. The number of rotatable bonds is 2. The second-order valence-corrected chi connectivity index (χ2v) is 3.78. The molecule has 0 spiro atoms. The van der Waals surface area contributed by atoms with Crippen molar-refractivity contribution in [3.63, 3.8) is 0 Å². The first kappa shape index (κ1) is 11.0. The number of terminal acetylenes is 1. The minimum Gasteiger partial charge on any atom is -0.364 e. The normalized spacial score (nSPS) is 9.88. The number of hydrogen-bond acceptors (Lipinski definition) is 1. The zero-order valence-corrected chi connectivity index (χ0v) is 9.47. The second-order valence-electron chi connectivity index (χ2n) is 3.78. The zero-order chi connectivity index (χ0) is 12.4. The van der Waals surface area contributed by atoms with Gasteiger partial charge in [-0.2, -0.15) is 0 Å². The third-order valence-electron chi connectivity index (χ3n) is 2.65. The summed E-state index contributed by atoms with van der Waals surface area (Å²) in [6.45, 7) is 0. The van der Waals surface area contributed by atoms with Gasteiger partial charge in [0.15, 0.2) is 0 Å². The SMILES string of the molecule is C#Cc1cccc(-c2ccn(C)c2C(N)=O)c1. The van der Waals surface area contributed by atoms with Gasteiger partial charge < -0.3 is 10.3 Å². The van der Waals surface area contributed by atoms with E-state index in [9.17, 15) is 4.79 Å². The molecule has 0 bridgehead atoms. The van der Waals surface area contributed by atoms with Crippen LogP contribution >= 0.6 is 0 Å². The Morgan fingerprint density at radius 3 is 2.82 bits per heavy atom. The van der Waals surface area contributed by atoms with E-state index in [1.165, 1.54) is 0 Å². The lowest BCUT2D eigenvalue weighted by molar-refractivity contribution is 0.0993. The maximum Gasteiger partial charge on any atom is 0.265 e. The molecule has 1 amide bonds. The van der Waals surface area contributed by atoms with E-state index in [4.69, 9.17) is 12.2 Å². The van der Waals surface area contributed by atoms with E-state index in [1.807, 2.05) is 30.3 Å². The van der Waals surface area contributed by atoms with Crippen LogP contribution in [0.4, 0.5) is 0 Å². The quantitative estimate of drug-likeness (QED) is 0.776. The molecule has 1 heterocycles. The molecular weight excluding hydrogens is 212 g/mol. The zero-order valence-electron chi connectivity index (χ0n) is 9.47. The van der Waals surface area contributed by atoms with Gasteiger partial charge >= 0.3 is 0 Å². The fourth-order valence-corrected chi connectivity index (χ4v) is 1.85. The van der Waals surface area contributed by atoms with Crippen LogP contribution in [0.15, 0.2) is 36.5 Å². The number of amides is 1. The summed E-state index contributed by atoms with van der Waals surface area (Å²) < 4.78 is 1.71. The van der Waals surface area contributed by atoms with Crippen molar-refractivity contribution in [1.29, 1.82) is 0 Å². The molecule has 1 aromatic carbocycles. The Morgan fingerprint density at radius 2 is 2.18 bits per heavy atom. The molecule has 17 heavy (non-hydrogen) atoms. The van der Waals surface area contributed by atoms with Crippen LogP contribution in [-0.4, -0.2) is 10.5 Å². The summed E-state index contributed by atoms with van der Waals surface area (Å²) in [5.41, 5.74) is 8.33. The van der Waals surface area contributed by atoms with E-state index in [0.717, 1.165) is 16.7 Å². The second kappa shape index (κ2) is 4.18. The number of benzene rings is 1. The minimum atomic E-state index is -0.446. The van der Waals surface area contributed by atoms with Crippen molar-refractivity contribution in [3.8, 4) is 23.5 Å². The Balaban J connectivity index is 2.61. The van der Waals surface area contributed by atoms with E-state index in [0.29, 0.717) is 5.69 Å². The average Bonchev–Trinajstić information content (AvgIpc) is 2.71. The first-order valence-electron chi connectivity index (χ1n) is 5.15. The molecule has 3 nitrogen and oxygen atoms in total. The summed E-state index contributed by atoms with van der Waals surface area (Å²) >= 11 is 0. The number of nitrogens with zero attached hydrogens (tertiary/aromatic N) is 1. The molecule has 2 aromatic rings. The molecule has 1 aromatic heterocycles. The van der Waals surface area contributed by atoms with Crippen LogP contribution in [-0.2, 0) is 7.05 Å². The summed E-state index contributed by atoms with van der Waals surface area (Å²) in [6, 6.07) is 9.33. The number of primary amides is 1. The Bertz CT molecular complexity index is 617. The van der Waals surface area contributed by atoms with Crippen LogP contribution < -0.4 is 5.73 Å². The molecule has 0 saturated carbocycles. The van der Waals surface area contributed by atoms with E-state index in [-0.39, 0.29) is 0 Å². The smallest absolute Gasteiger partial charge is 0.265 e. The third kappa shape index (κ3) is 1.93. The maximum absolute atomic E-state index is 11.4. The highest BCUT2D eigenvalue weighted by Gasteiger charge is 2.13. The van der Waals surface area contributed by atoms with Crippen LogP contribution in [0, 0.1) is 12.3 Å². The van der Waals surface area contributed by atoms with Gasteiger partial charge in [-0.3, -0.25) is 4.79 Å². The molecule has 0 unspecified atom stereocenters. The lowest BCUT2D eigenvalue weighted by atomic mass is 10.0. The van der Waals surface area contributed by atoms with E-state index in [2.05, 4.69) is 5.92 Å². The molecule has 0 radical (unpaired) electrons. The first-order valence-corrected chi connectivity index (χ1v) is 5.15. The van der Waals surface area contributed by atoms with Crippen molar-refractivity contribution in [2.45, 2.75) is 0 Å². The van der Waals surface area contributed by atoms with Gasteiger partial charge in [0.2, 0.25) is 0 Å². The highest BCUT2D eigenvalue weighted by molar-refractivity contribution is 5.98. The molecule has 0 aliphatic heterocycles. The average molecular weight is 224 g/mol. The van der Waals surface area contributed by atoms with Crippen LogP contribution in [0.25, 0.3) is 11.1 Å². The number of aryl methyl sites for hydroxylation is 1. The van der Waals surface area contributed by atoms with E-state index in [1.54, 1.807) is 17.8 Å². The molecular formula is C14H12N2O. The van der Waals surface area contributed by atoms with Gasteiger partial charge in [-0.1, -0.05) is 18.1 Å². The van der Waals surface area contributed by atoms with Gasteiger partial charge in [-0.15, -0.1) is 6.42 Å². The van der Waals surface area contributed by atoms with Crippen molar-refractivity contribution in [2.75, 3.05) is 0 Å². The van der Waals surface area contributed by atoms with Gasteiger partial charge in [0, 0.05) is 24.4 Å². The first-order chi connectivity index (χ1) is 8.13. The molecule has 84 valence electrons. The standard InChI is InChI=1S/C14H12N2O/c1-3-10-5-4-6-11(9-10)12-7-8-16(2)13(12)14(15)17/h1,4-9H,2H3,(H2,15,17). The Kier molecular flexibility index (Phi) is 2.71. The van der Waals surface area contributed by atoms with Gasteiger partial charge in [0.1, 0.15) is 5.69 Å². The largest absolute Gasteiger partial charge is 0.364 e. The van der Waals surface area contributed by atoms with Gasteiger partial charge in [0.05, 0.1) is 0 Å². The molecule has 0 atom stereocenters. The van der Waals surface area contributed by atoms with Crippen LogP contribution in [0.3, 0.4) is 0 Å². The lowest BCUT2D eigenvalue weighted by Gasteiger charge is -2.04.